The minimum Gasteiger partial charge on any atom is -0.410 e. The quantitative estimate of drug-likeness (QED) is 0.234. The van der Waals surface area contributed by atoms with Crippen molar-refractivity contribution in [1.29, 1.82) is 0 Å². The lowest BCUT2D eigenvalue weighted by atomic mass is 9.55. The molecule has 0 spiro atoms. The number of nitrogens with zero attached hydrogens (tertiary/aromatic N) is 1. The molecular weight excluding hydrogens is 701 g/mol. The Hall–Kier alpha value is -1.79. The Morgan fingerprint density at radius 1 is 1.00 bits per heavy atom. The SMILES string of the molecule is C.CCC(C)(C)C(C)(C)S(=O)CCCC(F)(F)C(F)(F)F.COC1CCC2C3CCc4cc(OC(=O)N5C6CCC5COC6)ccc4C3CCC12C. The van der Waals surface area contributed by atoms with E-state index in [0.29, 0.717) is 36.4 Å². The molecular formula is C40H62F5NO5S. The van der Waals surface area contributed by atoms with Crippen LogP contribution in [-0.4, -0.2) is 76.3 Å². The predicted octanol–water partition coefficient (Wildman–Crippen LogP) is 10.5. The lowest BCUT2D eigenvalue weighted by Crippen LogP contribution is -2.50. The maximum Gasteiger partial charge on any atom is 0.453 e. The second-order valence-electron chi connectivity index (χ2n) is 16.9. The molecule has 8 atom stereocenters. The van der Waals surface area contributed by atoms with Crippen LogP contribution in [0.3, 0.4) is 0 Å². The van der Waals surface area contributed by atoms with Crippen LogP contribution in [0.15, 0.2) is 18.2 Å². The van der Waals surface area contributed by atoms with E-state index in [0.717, 1.165) is 37.5 Å². The molecule has 8 unspecified atom stereocenters. The minimum absolute atomic E-state index is 0. The number of benzene rings is 1. The van der Waals surface area contributed by atoms with Crippen LogP contribution in [0, 0.1) is 22.7 Å². The van der Waals surface area contributed by atoms with Crippen LogP contribution in [-0.2, 0) is 26.7 Å². The highest BCUT2D eigenvalue weighted by Crippen LogP contribution is 2.61. The van der Waals surface area contributed by atoms with Gasteiger partial charge in [0.2, 0.25) is 0 Å². The van der Waals surface area contributed by atoms with Gasteiger partial charge in [0.1, 0.15) is 5.75 Å². The van der Waals surface area contributed by atoms with Crippen LogP contribution >= 0.6 is 0 Å². The van der Waals surface area contributed by atoms with Crippen LogP contribution in [0.5, 0.6) is 5.75 Å². The molecule has 0 N–H and O–H groups in total. The molecule has 2 bridgehead atoms. The van der Waals surface area contributed by atoms with Gasteiger partial charge in [0.05, 0.1) is 31.4 Å². The first kappa shape index (κ1) is 42.9. The number of carbonyl (C=O) groups is 1. The first-order chi connectivity index (χ1) is 23.8. The molecule has 2 aliphatic heterocycles. The Morgan fingerprint density at radius 2 is 1.65 bits per heavy atom. The lowest BCUT2D eigenvalue weighted by Gasteiger charge is -2.50. The van der Waals surface area contributed by atoms with Gasteiger partial charge in [-0.25, -0.2) is 4.79 Å². The van der Waals surface area contributed by atoms with Gasteiger partial charge in [0.25, 0.3) is 0 Å². The molecule has 1 amide bonds. The van der Waals surface area contributed by atoms with Crippen molar-refractivity contribution in [3.05, 3.63) is 29.3 Å². The van der Waals surface area contributed by atoms with Crippen molar-refractivity contribution in [2.24, 2.45) is 22.7 Å². The Labute approximate surface area is 310 Å². The second kappa shape index (κ2) is 16.1. The van der Waals surface area contributed by atoms with Gasteiger partial charge in [-0.3, -0.25) is 9.11 Å². The first-order valence-electron chi connectivity index (χ1n) is 18.8. The highest BCUT2D eigenvalue weighted by Gasteiger charge is 2.57. The topological polar surface area (TPSA) is 65.1 Å². The average Bonchev–Trinajstić information content (AvgIpc) is 3.55. The summed E-state index contributed by atoms with van der Waals surface area (Å²) in [6, 6.07) is 6.80. The lowest BCUT2D eigenvalue weighted by molar-refractivity contribution is -0.284. The molecule has 6 rings (SSSR count). The number of methoxy groups -OCH3 is 1. The number of ether oxygens (including phenoxy) is 3. The van der Waals surface area contributed by atoms with Crippen molar-refractivity contribution in [2.75, 3.05) is 26.1 Å². The number of carbonyl (C=O) groups excluding carboxylic acids is 1. The highest BCUT2D eigenvalue weighted by molar-refractivity contribution is 7.86. The summed E-state index contributed by atoms with van der Waals surface area (Å²) in [4.78, 5) is 14.8. The van der Waals surface area contributed by atoms with Crippen LogP contribution in [0.2, 0.25) is 0 Å². The van der Waals surface area contributed by atoms with Crippen LogP contribution < -0.4 is 4.74 Å². The van der Waals surface area contributed by atoms with Crippen LogP contribution in [0.1, 0.15) is 130 Å². The molecule has 12 heteroatoms. The number of hydrogen-bond acceptors (Lipinski definition) is 5. The van der Waals surface area contributed by atoms with Gasteiger partial charge in [0, 0.05) is 34.8 Å². The van der Waals surface area contributed by atoms with E-state index in [1.54, 1.807) is 13.8 Å². The van der Waals surface area contributed by atoms with E-state index in [-0.39, 0.29) is 36.8 Å². The monoisotopic (exact) mass is 763 g/mol. The molecule has 2 saturated heterocycles. The Kier molecular flexibility index (Phi) is 13.3. The summed E-state index contributed by atoms with van der Waals surface area (Å²) in [5.41, 5.74) is 2.96. The molecule has 0 radical (unpaired) electrons. The number of hydrogen-bond donors (Lipinski definition) is 0. The van der Waals surface area contributed by atoms with Gasteiger partial charge in [-0.2, -0.15) is 22.0 Å². The van der Waals surface area contributed by atoms with E-state index in [2.05, 4.69) is 19.1 Å². The summed E-state index contributed by atoms with van der Waals surface area (Å²) in [6.45, 7) is 13.0. The fourth-order valence-corrected chi connectivity index (χ4v) is 11.3. The number of morpholine rings is 1. The molecule has 5 aliphatic rings. The van der Waals surface area contributed by atoms with E-state index in [1.165, 1.54) is 43.2 Å². The molecule has 3 aliphatic carbocycles. The number of amides is 1. The standard InChI is InChI=1S/C26H35NO4.C13H23F5OS.CH4/c1-26-12-11-21-20-8-6-19(31-25(28)27-17-4-5-18(27)15-30-14-17)13-16(20)3-7-22(21)23(26)9-10-24(26)29-2;1-6-10(2,3)11(4,5)20(19)9-7-8-12(14,15)13(16,17)18;/h6,8,13,17-18,21-24H,3-5,7,9-12,14-15H2,1-2H3;6-9H2,1-5H3;1H4. The van der Waals surface area contributed by atoms with E-state index in [9.17, 15) is 31.0 Å². The van der Waals surface area contributed by atoms with Crippen molar-refractivity contribution in [3.8, 4) is 5.75 Å². The third-order valence-corrected chi connectivity index (χ3v) is 16.2. The normalized spacial score (nSPS) is 30.6. The highest BCUT2D eigenvalue weighted by atomic mass is 32.2. The molecule has 2 heterocycles. The molecule has 6 nitrogen and oxygen atoms in total. The zero-order chi connectivity index (χ0) is 37.6. The fourth-order valence-electron chi connectivity index (χ4n) is 9.60. The maximum atomic E-state index is 12.9. The van der Waals surface area contributed by atoms with E-state index >= 15 is 0 Å². The largest absolute Gasteiger partial charge is 0.453 e. The molecule has 52 heavy (non-hydrogen) atoms. The van der Waals surface area contributed by atoms with Gasteiger partial charge in [-0.05, 0) is 130 Å². The smallest absolute Gasteiger partial charge is 0.410 e. The number of halogens is 5. The van der Waals surface area contributed by atoms with Crippen LogP contribution in [0.4, 0.5) is 26.7 Å². The molecule has 4 fully saturated rings. The number of fused-ring (bicyclic) bond motifs is 7. The van der Waals surface area contributed by atoms with Crippen molar-refractivity contribution >= 4 is 16.9 Å². The summed E-state index contributed by atoms with van der Waals surface area (Å²) >= 11 is 0. The summed E-state index contributed by atoms with van der Waals surface area (Å²) < 4.78 is 90.4. The Morgan fingerprint density at radius 3 is 2.25 bits per heavy atom. The second-order valence-corrected chi connectivity index (χ2v) is 19.0. The zero-order valence-corrected chi connectivity index (χ0v) is 32.2. The number of rotatable bonds is 9. The Bertz CT molecular complexity index is 1400. The summed E-state index contributed by atoms with van der Waals surface area (Å²) in [5, 5.41) is 0. The third-order valence-electron chi connectivity index (χ3n) is 13.9. The van der Waals surface area contributed by atoms with Crippen molar-refractivity contribution in [3.63, 3.8) is 0 Å². The molecule has 1 aromatic carbocycles. The van der Waals surface area contributed by atoms with E-state index in [1.807, 2.05) is 38.8 Å². The Balaban J connectivity index is 0.000000254. The number of aryl methyl sites for hydroxylation is 1. The minimum atomic E-state index is -5.54. The van der Waals surface area contributed by atoms with Gasteiger partial charge in [-0.1, -0.05) is 41.2 Å². The fraction of sp³-hybridized carbons (Fsp3) is 0.825. The number of alkyl halides is 5. The zero-order valence-electron chi connectivity index (χ0n) is 31.4. The summed E-state index contributed by atoms with van der Waals surface area (Å²) in [7, 11) is 0.433. The molecule has 2 saturated carbocycles. The van der Waals surface area contributed by atoms with Crippen LogP contribution in [0.25, 0.3) is 0 Å². The predicted molar refractivity (Wildman–Crippen MR) is 195 cm³/mol. The van der Waals surface area contributed by atoms with E-state index in [4.69, 9.17) is 14.2 Å². The van der Waals surface area contributed by atoms with Gasteiger partial charge in [0.15, 0.2) is 0 Å². The van der Waals surface area contributed by atoms with Gasteiger partial charge < -0.3 is 14.2 Å². The molecule has 298 valence electrons. The van der Waals surface area contributed by atoms with Crippen molar-refractivity contribution < 1.29 is 45.2 Å². The molecule has 0 aromatic heterocycles. The average molecular weight is 764 g/mol. The summed E-state index contributed by atoms with van der Waals surface area (Å²) in [6.07, 6.45) is 3.13. The van der Waals surface area contributed by atoms with Gasteiger partial charge in [-0.15, -0.1) is 0 Å². The third kappa shape index (κ3) is 8.24. The first-order valence-corrected chi connectivity index (χ1v) is 20.2. The van der Waals surface area contributed by atoms with Crippen molar-refractivity contribution in [1.82, 2.24) is 4.90 Å². The maximum absolute atomic E-state index is 12.9. The van der Waals surface area contributed by atoms with E-state index < -0.39 is 40.5 Å². The summed E-state index contributed by atoms with van der Waals surface area (Å²) in [5.74, 6) is -1.96. The molecule has 1 aromatic rings. The van der Waals surface area contributed by atoms with Crippen molar-refractivity contribution in [2.45, 2.75) is 161 Å². The van der Waals surface area contributed by atoms with Gasteiger partial charge >= 0.3 is 18.2 Å².